The maximum atomic E-state index is 13.3. The number of nitrogen functional groups attached to an aromatic ring is 1. The van der Waals surface area contributed by atoms with Gasteiger partial charge in [-0.3, -0.25) is 0 Å². The van der Waals surface area contributed by atoms with Gasteiger partial charge < -0.3 is 5.73 Å². The molecule has 1 aromatic carbocycles. The van der Waals surface area contributed by atoms with Gasteiger partial charge >= 0.3 is 0 Å². The average Bonchev–Trinajstić information content (AvgIpc) is 2.25. The lowest BCUT2D eigenvalue weighted by Crippen LogP contribution is -2.00. The molecule has 0 spiro atoms. The average molecular weight is 225 g/mol. The predicted molar refractivity (Wildman–Crippen MR) is 51.8 cm³/mol. The second kappa shape index (κ2) is 3.80. The summed E-state index contributed by atoms with van der Waals surface area (Å²) >= 11 is 0. The summed E-state index contributed by atoms with van der Waals surface area (Å²) in [6.45, 7) is 0. The zero-order valence-electron chi connectivity index (χ0n) is 7.92. The summed E-state index contributed by atoms with van der Waals surface area (Å²) in [5, 5.41) is 0. The molecule has 2 rings (SSSR count). The molecule has 0 radical (unpaired) electrons. The molecule has 1 aromatic heterocycles. The number of benzene rings is 1. The van der Waals surface area contributed by atoms with Crippen molar-refractivity contribution < 1.29 is 13.2 Å². The maximum Gasteiger partial charge on any atom is 0.220 e. The molecule has 0 fully saturated rings. The van der Waals surface area contributed by atoms with Crippen molar-refractivity contribution in [3.8, 4) is 11.3 Å². The standard InChI is InChI=1S/C10H6F3N3/c11-5-1-2-7(12)6(3-5)9-8(13)4-15-10(14)16-9/h1-4H,(H2,14,15,16). The van der Waals surface area contributed by atoms with Gasteiger partial charge in [0.1, 0.15) is 17.3 Å². The molecule has 2 aromatic rings. The first-order valence-corrected chi connectivity index (χ1v) is 4.31. The molecule has 0 atom stereocenters. The second-order valence-electron chi connectivity index (χ2n) is 3.05. The molecule has 1 heterocycles. The van der Waals surface area contributed by atoms with Crippen molar-refractivity contribution in [1.29, 1.82) is 0 Å². The number of anilines is 1. The van der Waals surface area contributed by atoms with Crippen LogP contribution in [-0.4, -0.2) is 9.97 Å². The fourth-order valence-electron chi connectivity index (χ4n) is 1.25. The second-order valence-corrected chi connectivity index (χ2v) is 3.05. The Morgan fingerprint density at radius 1 is 1.06 bits per heavy atom. The first-order valence-electron chi connectivity index (χ1n) is 4.31. The number of hydrogen-bond acceptors (Lipinski definition) is 3. The first kappa shape index (κ1) is 10.4. The molecule has 0 aliphatic carbocycles. The zero-order valence-corrected chi connectivity index (χ0v) is 7.92. The Kier molecular flexibility index (Phi) is 2.47. The largest absolute Gasteiger partial charge is 0.368 e. The Bertz CT molecular complexity index is 493. The van der Waals surface area contributed by atoms with Crippen molar-refractivity contribution in [2.75, 3.05) is 5.73 Å². The Balaban J connectivity index is 2.66. The van der Waals surface area contributed by atoms with Gasteiger partial charge in [0.25, 0.3) is 0 Å². The number of aromatic nitrogens is 2. The van der Waals surface area contributed by atoms with Gasteiger partial charge in [0.05, 0.1) is 6.20 Å². The van der Waals surface area contributed by atoms with Crippen LogP contribution in [0.2, 0.25) is 0 Å². The van der Waals surface area contributed by atoms with Gasteiger partial charge in [-0.15, -0.1) is 0 Å². The van der Waals surface area contributed by atoms with E-state index in [1.165, 1.54) is 0 Å². The van der Waals surface area contributed by atoms with Crippen molar-refractivity contribution >= 4 is 5.95 Å². The lowest BCUT2D eigenvalue weighted by atomic mass is 10.1. The van der Waals surface area contributed by atoms with E-state index in [0.29, 0.717) is 0 Å². The normalized spacial score (nSPS) is 10.4. The third-order valence-corrected chi connectivity index (χ3v) is 1.95. The number of hydrogen-bond donors (Lipinski definition) is 1. The molecule has 0 saturated heterocycles. The summed E-state index contributed by atoms with van der Waals surface area (Å²) in [5.74, 6) is -2.54. The van der Waals surface area contributed by atoms with Crippen molar-refractivity contribution in [3.63, 3.8) is 0 Å². The fourth-order valence-corrected chi connectivity index (χ4v) is 1.25. The van der Waals surface area contributed by atoms with Crippen LogP contribution in [0, 0.1) is 17.5 Å². The van der Waals surface area contributed by atoms with Crippen LogP contribution >= 0.6 is 0 Å². The minimum atomic E-state index is -0.862. The van der Waals surface area contributed by atoms with E-state index < -0.39 is 17.5 Å². The first-order chi connectivity index (χ1) is 7.58. The Hall–Kier alpha value is -2.11. The van der Waals surface area contributed by atoms with E-state index in [1.807, 2.05) is 0 Å². The quantitative estimate of drug-likeness (QED) is 0.808. The van der Waals surface area contributed by atoms with Gasteiger partial charge in [-0.05, 0) is 18.2 Å². The molecule has 2 N–H and O–H groups in total. The smallest absolute Gasteiger partial charge is 0.220 e. The summed E-state index contributed by atoms with van der Waals surface area (Å²) in [5.41, 5.74) is 4.61. The maximum absolute atomic E-state index is 13.3. The molecule has 0 unspecified atom stereocenters. The van der Waals surface area contributed by atoms with Crippen molar-refractivity contribution in [2.45, 2.75) is 0 Å². The van der Waals surface area contributed by atoms with Gasteiger partial charge in [0.15, 0.2) is 5.82 Å². The molecular formula is C10H6F3N3. The highest BCUT2D eigenvalue weighted by atomic mass is 19.1. The lowest BCUT2D eigenvalue weighted by molar-refractivity contribution is 0.594. The molecule has 82 valence electrons. The lowest BCUT2D eigenvalue weighted by Gasteiger charge is -2.04. The number of rotatable bonds is 1. The minimum Gasteiger partial charge on any atom is -0.368 e. The van der Waals surface area contributed by atoms with Gasteiger partial charge in [-0.2, -0.15) is 0 Å². The highest BCUT2D eigenvalue weighted by molar-refractivity contribution is 5.61. The molecule has 0 bridgehead atoms. The van der Waals surface area contributed by atoms with Crippen molar-refractivity contribution in [2.24, 2.45) is 0 Å². The zero-order chi connectivity index (χ0) is 11.7. The topological polar surface area (TPSA) is 51.8 Å². The van der Waals surface area contributed by atoms with Crippen LogP contribution in [0.25, 0.3) is 11.3 Å². The van der Waals surface area contributed by atoms with Crippen LogP contribution in [0.15, 0.2) is 24.4 Å². The molecule has 0 aliphatic rings. The van der Waals surface area contributed by atoms with Crippen molar-refractivity contribution in [3.05, 3.63) is 41.8 Å². The fraction of sp³-hybridized carbons (Fsp3) is 0. The molecule has 6 heteroatoms. The Morgan fingerprint density at radius 3 is 2.56 bits per heavy atom. The van der Waals surface area contributed by atoms with Gasteiger partial charge in [0.2, 0.25) is 5.95 Å². The molecule has 0 amide bonds. The van der Waals surface area contributed by atoms with E-state index in [1.54, 1.807) is 0 Å². The Morgan fingerprint density at radius 2 is 1.81 bits per heavy atom. The Labute approximate surface area is 88.8 Å². The van der Waals surface area contributed by atoms with E-state index in [9.17, 15) is 13.2 Å². The summed E-state index contributed by atoms with van der Waals surface area (Å²) in [6, 6.07) is 2.67. The monoisotopic (exact) mass is 225 g/mol. The minimum absolute atomic E-state index is 0.208. The van der Waals surface area contributed by atoms with Crippen molar-refractivity contribution in [1.82, 2.24) is 9.97 Å². The van der Waals surface area contributed by atoms with Crippen LogP contribution in [-0.2, 0) is 0 Å². The summed E-state index contributed by atoms with van der Waals surface area (Å²) in [7, 11) is 0. The SMILES string of the molecule is Nc1ncc(F)c(-c2cc(F)ccc2F)n1. The van der Waals surface area contributed by atoms with E-state index in [4.69, 9.17) is 5.73 Å². The van der Waals surface area contributed by atoms with Crippen LogP contribution in [0.5, 0.6) is 0 Å². The highest BCUT2D eigenvalue weighted by Crippen LogP contribution is 2.24. The molecule has 0 saturated carbocycles. The van der Waals surface area contributed by atoms with Gasteiger partial charge in [-0.25, -0.2) is 23.1 Å². The van der Waals surface area contributed by atoms with Crippen LogP contribution < -0.4 is 5.73 Å². The number of nitrogens with zero attached hydrogens (tertiary/aromatic N) is 2. The van der Waals surface area contributed by atoms with Gasteiger partial charge in [-0.1, -0.05) is 0 Å². The van der Waals surface area contributed by atoms with E-state index >= 15 is 0 Å². The van der Waals surface area contributed by atoms with Crippen LogP contribution in [0.4, 0.5) is 19.1 Å². The summed E-state index contributed by atoms with van der Waals surface area (Å²) in [6.07, 6.45) is 0.808. The predicted octanol–water partition coefficient (Wildman–Crippen LogP) is 2.14. The van der Waals surface area contributed by atoms with Gasteiger partial charge in [0, 0.05) is 5.56 Å². The summed E-state index contributed by atoms with van der Waals surface area (Å²) in [4.78, 5) is 6.92. The third kappa shape index (κ3) is 1.81. The third-order valence-electron chi connectivity index (χ3n) is 1.95. The van der Waals surface area contributed by atoms with E-state index in [0.717, 1.165) is 24.4 Å². The molecule has 16 heavy (non-hydrogen) atoms. The van der Waals surface area contributed by atoms with E-state index in [2.05, 4.69) is 9.97 Å². The van der Waals surface area contributed by atoms with E-state index in [-0.39, 0.29) is 17.2 Å². The molecule has 3 nitrogen and oxygen atoms in total. The number of halogens is 3. The number of nitrogens with two attached hydrogens (primary N) is 1. The summed E-state index contributed by atoms with van der Waals surface area (Å²) < 4.78 is 39.5. The molecular weight excluding hydrogens is 219 g/mol. The van der Waals surface area contributed by atoms with Crippen LogP contribution in [0.1, 0.15) is 0 Å². The highest BCUT2D eigenvalue weighted by Gasteiger charge is 2.13. The molecule has 0 aliphatic heterocycles. The van der Waals surface area contributed by atoms with Crippen LogP contribution in [0.3, 0.4) is 0 Å².